The molecular weight excluding hydrogens is 334 g/mol. The van der Waals surface area contributed by atoms with Crippen LogP contribution in [0.5, 0.6) is 5.75 Å². The van der Waals surface area contributed by atoms with E-state index < -0.39 is 0 Å². The Morgan fingerprint density at radius 2 is 1.80 bits per heavy atom. The first-order valence-electron chi connectivity index (χ1n) is 8.85. The molecule has 3 rings (SSSR count). The summed E-state index contributed by atoms with van der Waals surface area (Å²) in [4.78, 5) is 23.4. The van der Waals surface area contributed by atoms with E-state index in [2.05, 4.69) is 12.2 Å². The Kier molecular flexibility index (Phi) is 5.23. The SMILES string of the molecule is Cc1cc(/C=C2/SC(=O)NC2=O)cc(C)c1OCC1(C)CCCCC1. The summed E-state index contributed by atoms with van der Waals surface area (Å²) in [6.07, 6.45) is 8.15. The van der Waals surface area contributed by atoms with Crippen molar-refractivity contribution in [2.24, 2.45) is 5.41 Å². The minimum absolute atomic E-state index is 0.275. The summed E-state index contributed by atoms with van der Waals surface area (Å²) in [5, 5.41) is 1.97. The van der Waals surface area contributed by atoms with Gasteiger partial charge in [0.05, 0.1) is 11.5 Å². The van der Waals surface area contributed by atoms with Crippen LogP contribution in [0.4, 0.5) is 4.79 Å². The highest BCUT2D eigenvalue weighted by Crippen LogP contribution is 2.37. The Morgan fingerprint density at radius 3 is 2.36 bits per heavy atom. The number of hydrogen-bond donors (Lipinski definition) is 1. The molecule has 2 fully saturated rings. The maximum absolute atomic E-state index is 11.7. The zero-order valence-corrected chi connectivity index (χ0v) is 15.9. The van der Waals surface area contributed by atoms with Crippen LogP contribution in [-0.2, 0) is 4.79 Å². The van der Waals surface area contributed by atoms with E-state index in [1.807, 2.05) is 26.0 Å². The molecule has 0 aromatic heterocycles. The number of nitrogens with one attached hydrogen (secondary N) is 1. The molecule has 0 unspecified atom stereocenters. The summed E-state index contributed by atoms with van der Waals surface area (Å²) in [6, 6.07) is 4.02. The second-order valence-corrected chi connectivity index (χ2v) is 8.51. The fourth-order valence-electron chi connectivity index (χ4n) is 3.66. The van der Waals surface area contributed by atoms with E-state index in [1.54, 1.807) is 6.08 Å². The van der Waals surface area contributed by atoms with Gasteiger partial charge in [0.1, 0.15) is 5.75 Å². The number of hydrogen-bond acceptors (Lipinski definition) is 4. The molecule has 1 saturated heterocycles. The summed E-state index contributed by atoms with van der Waals surface area (Å²) in [7, 11) is 0. The van der Waals surface area contributed by atoms with Gasteiger partial charge in [-0.25, -0.2) is 0 Å². The molecule has 2 amide bonds. The zero-order valence-electron chi connectivity index (χ0n) is 15.1. The van der Waals surface area contributed by atoms with Crippen molar-refractivity contribution in [2.45, 2.75) is 52.9 Å². The van der Waals surface area contributed by atoms with Crippen molar-refractivity contribution in [1.82, 2.24) is 5.32 Å². The predicted octanol–water partition coefficient (Wildman–Crippen LogP) is 4.98. The predicted molar refractivity (Wildman–Crippen MR) is 102 cm³/mol. The summed E-state index contributed by atoms with van der Waals surface area (Å²) in [5.74, 6) is 0.615. The number of thioether (sulfide) groups is 1. The lowest BCUT2D eigenvalue weighted by molar-refractivity contribution is -0.115. The van der Waals surface area contributed by atoms with E-state index in [1.165, 1.54) is 32.1 Å². The van der Waals surface area contributed by atoms with Gasteiger partial charge >= 0.3 is 0 Å². The van der Waals surface area contributed by atoms with Crippen LogP contribution >= 0.6 is 11.8 Å². The van der Waals surface area contributed by atoms with Crippen molar-refractivity contribution in [3.05, 3.63) is 33.7 Å². The largest absolute Gasteiger partial charge is 0.492 e. The number of carbonyl (C=O) groups is 2. The topological polar surface area (TPSA) is 55.4 Å². The van der Waals surface area contributed by atoms with Crippen molar-refractivity contribution in [1.29, 1.82) is 0 Å². The molecule has 1 aromatic rings. The quantitative estimate of drug-likeness (QED) is 0.771. The second kappa shape index (κ2) is 7.24. The third-order valence-corrected chi connectivity index (χ3v) is 5.86. The number of benzene rings is 1. The van der Waals surface area contributed by atoms with E-state index in [-0.39, 0.29) is 16.6 Å². The lowest BCUT2D eigenvalue weighted by Gasteiger charge is -2.33. The van der Waals surface area contributed by atoms with E-state index in [0.29, 0.717) is 4.91 Å². The average molecular weight is 359 g/mol. The number of rotatable bonds is 4. The Hall–Kier alpha value is -1.75. The van der Waals surface area contributed by atoms with Gasteiger partial charge < -0.3 is 4.74 Å². The third kappa shape index (κ3) is 4.27. The fraction of sp³-hybridized carbons (Fsp3) is 0.500. The van der Waals surface area contributed by atoms with Crippen LogP contribution in [0.25, 0.3) is 6.08 Å². The highest BCUT2D eigenvalue weighted by atomic mass is 32.2. The molecular formula is C20H25NO3S. The Balaban J connectivity index is 1.75. The first-order valence-corrected chi connectivity index (χ1v) is 9.67. The molecule has 2 aliphatic rings. The third-order valence-electron chi connectivity index (χ3n) is 5.05. The van der Waals surface area contributed by atoms with Gasteiger partial charge in [0.15, 0.2) is 0 Å². The molecule has 1 heterocycles. The fourth-order valence-corrected chi connectivity index (χ4v) is 4.35. The molecule has 5 heteroatoms. The van der Waals surface area contributed by atoms with Crippen LogP contribution < -0.4 is 10.1 Å². The molecule has 0 atom stereocenters. The molecule has 1 N–H and O–H groups in total. The number of amides is 2. The monoisotopic (exact) mass is 359 g/mol. The van der Waals surface area contributed by atoms with Crippen LogP contribution in [0.15, 0.2) is 17.0 Å². The van der Waals surface area contributed by atoms with E-state index in [0.717, 1.165) is 40.8 Å². The Morgan fingerprint density at radius 1 is 1.16 bits per heavy atom. The van der Waals surface area contributed by atoms with Crippen LogP contribution in [-0.4, -0.2) is 17.8 Å². The van der Waals surface area contributed by atoms with Gasteiger partial charge in [-0.3, -0.25) is 14.9 Å². The molecule has 4 nitrogen and oxygen atoms in total. The minimum atomic E-state index is -0.323. The first kappa shape index (κ1) is 18.1. The second-order valence-electron chi connectivity index (χ2n) is 7.50. The molecule has 25 heavy (non-hydrogen) atoms. The van der Waals surface area contributed by atoms with Crippen molar-refractivity contribution in [3.63, 3.8) is 0 Å². The molecule has 1 aliphatic carbocycles. The van der Waals surface area contributed by atoms with Gasteiger partial charge in [-0.15, -0.1) is 0 Å². The van der Waals surface area contributed by atoms with Gasteiger partial charge in [-0.2, -0.15) is 0 Å². The molecule has 1 aromatic carbocycles. The lowest BCUT2D eigenvalue weighted by Crippen LogP contribution is -2.28. The minimum Gasteiger partial charge on any atom is -0.492 e. The maximum Gasteiger partial charge on any atom is 0.290 e. The van der Waals surface area contributed by atoms with Crippen LogP contribution in [0.1, 0.15) is 55.7 Å². The van der Waals surface area contributed by atoms with Gasteiger partial charge in [0.2, 0.25) is 0 Å². The molecule has 134 valence electrons. The summed E-state index contributed by atoms with van der Waals surface area (Å²) < 4.78 is 6.21. The molecule has 0 bridgehead atoms. The Labute approximate surface area is 153 Å². The first-order chi connectivity index (χ1) is 11.9. The summed E-state index contributed by atoms with van der Waals surface area (Å²) in [6.45, 7) is 7.13. The van der Waals surface area contributed by atoms with Crippen LogP contribution in [0.2, 0.25) is 0 Å². The van der Waals surface area contributed by atoms with Crippen LogP contribution in [0.3, 0.4) is 0 Å². The summed E-state index contributed by atoms with van der Waals surface area (Å²) >= 11 is 0.943. The van der Waals surface area contributed by atoms with Gasteiger partial charge in [-0.1, -0.05) is 26.2 Å². The van der Waals surface area contributed by atoms with Crippen molar-refractivity contribution >= 4 is 29.0 Å². The average Bonchev–Trinajstić information content (AvgIpc) is 2.84. The van der Waals surface area contributed by atoms with Crippen LogP contribution in [0, 0.1) is 19.3 Å². The van der Waals surface area contributed by atoms with Crippen molar-refractivity contribution in [3.8, 4) is 5.75 Å². The van der Waals surface area contributed by atoms with E-state index in [9.17, 15) is 9.59 Å². The maximum atomic E-state index is 11.7. The summed E-state index contributed by atoms with van der Waals surface area (Å²) in [5.41, 5.74) is 3.30. The number of imide groups is 1. The smallest absolute Gasteiger partial charge is 0.290 e. The number of aryl methyl sites for hydroxylation is 2. The van der Waals surface area contributed by atoms with Gasteiger partial charge in [0, 0.05) is 5.41 Å². The van der Waals surface area contributed by atoms with E-state index >= 15 is 0 Å². The van der Waals surface area contributed by atoms with Gasteiger partial charge in [-0.05, 0) is 73.4 Å². The zero-order chi connectivity index (χ0) is 18.0. The van der Waals surface area contributed by atoms with Crippen molar-refractivity contribution < 1.29 is 14.3 Å². The standard InChI is InChI=1S/C20H25NO3S/c1-13-9-15(11-16-18(22)21-19(23)25-16)10-14(2)17(13)24-12-20(3)7-5-4-6-8-20/h9-11H,4-8,12H2,1-3H3,(H,21,22,23)/b16-11+. The number of carbonyl (C=O) groups excluding carboxylic acids is 2. The number of ether oxygens (including phenoxy) is 1. The van der Waals surface area contributed by atoms with Gasteiger partial charge in [0.25, 0.3) is 11.1 Å². The molecule has 0 radical (unpaired) electrons. The normalized spacial score (nSPS) is 21.5. The molecule has 1 aliphatic heterocycles. The molecule has 0 spiro atoms. The van der Waals surface area contributed by atoms with E-state index in [4.69, 9.17) is 4.74 Å². The lowest BCUT2D eigenvalue weighted by atomic mass is 9.76. The highest BCUT2D eigenvalue weighted by molar-refractivity contribution is 8.18. The Bertz CT molecular complexity index is 709. The highest BCUT2D eigenvalue weighted by Gasteiger charge is 2.28. The van der Waals surface area contributed by atoms with Crippen molar-refractivity contribution in [2.75, 3.05) is 6.61 Å². The molecule has 1 saturated carbocycles.